The number of allylic oxidation sites excluding steroid dienone is 1. The molecule has 11 heteroatoms. The van der Waals surface area contributed by atoms with E-state index in [4.69, 9.17) is 35.2 Å². The third kappa shape index (κ3) is 6.13. The Hall–Kier alpha value is -4.41. The fourth-order valence-corrected chi connectivity index (χ4v) is 6.21. The fraction of sp³-hybridized carbons (Fsp3) is 0.273. The molecule has 0 fully saturated rings. The van der Waals surface area contributed by atoms with Crippen LogP contribution in [0, 0.1) is 0 Å². The Kier molecular flexibility index (Phi) is 9.51. The molecule has 9 nitrogen and oxygen atoms in total. The van der Waals surface area contributed by atoms with Crippen LogP contribution in [0.25, 0.3) is 17.4 Å². The summed E-state index contributed by atoms with van der Waals surface area (Å²) in [6.07, 6.45) is 2.89. The summed E-state index contributed by atoms with van der Waals surface area (Å²) in [4.78, 5) is 44.7. The number of esters is 2. The summed E-state index contributed by atoms with van der Waals surface area (Å²) >= 11 is 7.61. The number of nitrogens with zero attached hydrogens (tertiary/aromatic N) is 2. The van der Waals surface area contributed by atoms with Crippen LogP contribution in [0.5, 0.6) is 5.75 Å². The van der Waals surface area contributed by atoms with Crippen molar-refractivity contribution in [3.63, 3.8) is 0 Å². The van der Waals surface area contributed by atoms with Crippen molar-refractivity contribution in [1.82, 2.24) is 4.57 Å². The van der Waals surface area contributed by atoms with Gasteiger partial charge in [-0.2, -0.15) is 0 Å². The molecule has 0 saturated heterocycles. The quantitative estimate of drug-likeness (QED) is 0.207. The molecule has 1 atom stereocenters. The number of thiazole rings is 1. The average Bonchev–Trinajstić information content (AvgIpc) is 3.61. The fourth-order valence-electron chi connectivity index (χ4n) is 5.03. The first-order valence-corrected chi connectivity index (χ1v) is 15.4. The molecule has 0 bridgehead atoms. The Morgan fingerprint density at radius 3 is 2.43 bits per heavy atom. The van der Waals surface area contributed by atoms with Crippen molar-refractivity contribution in [2.45, 2.75) is 39.7 Å². The van der Waals surface area contributed by atoms with Gasteiger partial charge in [-0.15, -0.1) is 0 Å². The highest BCUT2D eigenvalue weighted by atomic mass is 35.5. The maximum Gasteiger partial charge on any atom is 0.338 e. The number of rotatable bonds is 10. The SMILES string of the molecule is CCCC1=C(C(=O)OCC)[C@H](c2cc(Cl)ccc2OC)n2c(s/c(=C/c3ccc(-c4ccc(C(=O)OCC)cc4)o3)c2=O)=N1. The van der Waals surface area contributed by atoms with Crippen LogP contribution in [0.2, 0.25) is 5.02 Å². The molecular weight excluding hydrogens is 604 g/mol. The Labute approximate surface area is 262 Å². The van der Waals surface area contributed by atoms with Gasteiger partial charge < -0.3 is 18.6 Å². The van der Waals surface area contributed by atoms with Crippen LogP contribution in [0.1, 0.15) is 61.3 Å². The summed E-state index contributed by atoms with van der Waals surface area (Å²) in [6.45, 7) is 5.94. The van der Waals surface area contributed by atoms with E-state index in [0.29, 0.717) is 61.5 Å². The number of halogens is 1. The average molecular weight is 635 g/mol. The van der Waals surface area contributed by atoms with E-state index in [1.807, 2.05) is 6.92 Å². The Morgan fingerprint density at radius 1 is 1.02 bits per heavy atom. The minimum absolute atomic E-state index is 0.165. The van der Waals surface area contributed by atoms with Crippen LogP contribution in [0.4, 0.5) is 0 Å². The van der Waals surface area contributed by atoms with Gasteiger partial charge in [0.15, 0.2) is 4.80 Å². The molecule has 0 aliphatic carbocycles. The van der Waals surface area contributed by atoms with Crippen molar-refractivity contribution < 1.29 is 28.2 Å². The molecule has 1 aliphatic heterocycles. The van der Waals surface area contributed by atoms with Gasteiger partial charge in [0.05, 0.1) is 41.7 Å². The van der Waals surface area contributed by atoms with Crippen molar-refractivity contribution in [3.05, 3.63) is 107 Å². The number of carbonyl (C=O) groups excluding carboxylic acids is 2. The number of aromatic nitrogens is 1. The normalized spacial score (nSPS) is 14.7. The van der Waals surface area contributed by atoms with Gasteiger partial charge in [-0.25, -0.2) is 14.6 Å². The summed E-state index contributed by atoms with van der Waals surface area (Å²) < 4.78 is 24.1. The second-order valence-electron chi connectivity index (χ2n) is 9.80. The first kappa shape index (κ1) is 31.0. The highest BCUT2D eigenvalue weighted by Gasteiger charge is 2.36. The summed E-state index contributed by atoms with van der Waals surface area (Å²) in [6, 6.07) is 14.7. The molecule has 2 aromatic heterocycles. The van der Waals surface area contributed by atoms with E-state index in [1.54, 1.807) is 74.5 Å². The summed E-state index contributed by atoms with van der Waals surface area (Å²) in [5.41, 5.74) is 2.23. The van der Waals surface area contributed by atoms with Gasteiger partial charge in [0, 0.05) is 22.2 Å². The second-order valence-corrected chi connectivity index (χ2v) is 11.2. The van der Waals surface area contributed by atoms with E-state index in [1.165, 1.54) is 23.0 Å². The van der Waals surface area contributed by atoms with Gasteiger partial charge in [0.1, 0.15) is 23.3 Å². The van der Waals surface area contributed by atoms with E-state index in [0.717, 1.165) is 12.0 Å². The van der Waals surface area contributed by atoms with Crippen molar-refractivity contribution in [1.29, 1.82) is 0 Å². The smallest absolute Gasteiger partial charge is 0.338 e. The van der Waals surface area contributed by atoms with Gasteiger partial charge in [0.25, 0.3) is 5.56 Å². The lowest BCUT2D eigenvalue weighted by atomic mass is 9.93. The molecule has 0 spiro atoms. The maximum absolute atomic E-state index is 14.1. The molecule has 0 amide bonds. The van der Waals surface area contributed by atoms with E-state index in [9.17, 15) is 14.4 Å². The van der Waals surface area contributed by atoms with E-state index < -0.39 is 18.0 Å². The molecule has 0 radical (unpaired) electrons. The summed E-state index contributed by atoms with van der Waals surface area (Å²) in [7, 11) is 1.52. The first-order valence-electron chi connectivity index (χ1n) is 14.2. The number of hydrogen-bond donors (Lipinski definition) is 0. The number of hydrogen-bond acceptors (Lipinski definition) is 9. The second kappa shape index (κ2) is 13.5. The number of benzene rings is 2. The van der Waals surface area contributed by atoms with Crippen molar-refractivity contribution in [3.8, 4) is 17.1 Å². The number of fused-ring (bicyclic) bond motifs is 1. The number of ether oxygens (including phenoxy) is 3. The minimum Gasteiger partial charge on any atom is -0.496 e. The van der Waals surface area contributed by atoms with Gasteiger partial charge in [-0.3, -0.25) is 9.36 Å². The molecular formula is C33H31ClN2O7S. The van der Waals surface area contributed by atoms with Gasteiger partial charge in [0.2, 0.25) is 0 Å². The van der Waals surface area contributed by atoms with Gasteiger partial charge >= 0.3 is 11.9 Å². The van der Waals surface area contributed by atoms with Crippen LogP contribution in [0.15, 0.2) is 80.1 Å². The molecule has 4 aromatic rings. The number of methoxy groups -OCH3 is 1. The van der Waals surface area contributed by atoms with E-state index in [-0.39, 0.29) is 17.7 Å². The third-order valence-electron chi connectivity index (χ3n) is 6.96. The van der Waals surface area contributed by atoms with E-state index >= 15 is 0 Å². The molecule has 5 rings (SSSR count). The van der Waals surface area contributed by atoms with E-state index in [2.05, 4.69) is 0 Å². The standard InChI is InChI=1S/C33H31ClN2O7S/c1-5-8-24-28(32(39)42-7-3)29(23-17-21(34)13-15-26(23)40-4)36-30(37)27(44-33(36)35-24)18-22-14-16-25(43-22)19-9-11-20(12-10-19)31(38)41-6-2/h9-18,29H,5-8H2,1-4H3/b27-18+/t29-/m0/s1. The zero-order chi connectivity index (χ0) is 31.4. The molecule has 0 saturated carbocycles. The largest absolute Gasteiger partial charge is 0.496 e. The highest BCUT2D eigenvalue weighted by Crippen LogP contribution is 2.38. The monoisotopic (exact) mass is 634 g/mol. The first-order chi connectivity index (χ1) is 21.3. The van der Waals surface area contributed by atoms with Gasteiger partial charge in [-0.1, -0.05) is 48.4 Å². The Morgan fingerprint density at radius 2 is 1.75 bits per heavy atom. The van der Waals surface area contributed by atoms with Crippen LogP contribution >= 0.6 is 22.9 Å². The predicted molar refractivity (Wildman–Crippen MR) is 168 cm³/mol. The third-order valence-corrected chi connectivity index (χ3v) is 8.18. The molecule has 0 unspecified atom stereocenters. The topological polar surface area (TPSA) is 109 Å². The van der Waals surface area contributed by atoms with Crippen LogP contribution in [-0.2, 0) is 14.3 Å². The maximum atomic E-state index is 14.1. The van der Waals surface area contributed by atoms with Crippen molar-refractivity contribution in [2.24, 2.45) is 4.99 Å². The molecule has 1 aliphatic rings. The van der Waals surface area contributed by atoms with Crippen molar-refractivity contribution in [2.75, 3.05) is 20.3 Å². The number of carbonyl (C=O) groups is 2. The van der Waals surface area contributed by atoms with Crippen molar-refractivity contribution >= 4 is 41.0 Å². The molecule has 0 N–H and O–H groups in total. The number of furan rings is 1. The zero-order valence-electron chi connectivity index (χ0n) is 24.7. The Balaban J connectivity index is 1.62. The molecule has 44 heavy (non-hydrogen) atoms. The molecule has 2 aromatic carbocycles. The molecule has 3 heterocycles. The highest BCUT2D eigenvalue weighted by molar-refractivity contribution is 7.07. The van der Waals surface area contributed by atoms with Crippen LogP contribution < -0.4 is 19.6 Å². The summed E-state index contributed by atoms with van der Waals surface area (Å²) in [5, 5.41) is 0.429. The lowest BCUT2D eigenvalue weighted by molar-refractivity contribution is -0.139. The minimum atomic E-state index is -0.868. The molecule has 228 valence electrons. The van der Waals surface area contributed by atoms with Crippen LogP contribution in [-0.4, -0.2) is 36.8 Å². The zero-order valence-corrected chi connectivity index (χ0v) is 26.3. The van der Waals surface area contributed by atoms with Crippen LogP contribution in [0.3, 0.4) is 0 Å². The van der Waals surface area contributed by atoms with Gasteiger partial charge in [-0.05, 0) is 62.7 Å². The lowest BCUT2D eigenvalue weighted by Gasteiger charge is -2.27. The Bertz CT molecular complexity index is 1920. The lowest BCUT2D eigenvalue weighted by Crippen LogP contribution is -2.40. The predicted octanol–water partition coefficient (Wildman–Crippen LogP) is 5.68. The summed E-state index contributed by atoms with van der Waals surface area (Å²) in [5.74, 6) is 0.547.